The van der Waals surface area contributed by atoms with Gasteiger partial charge in [0.1, 0.15) is 12.4 Å². The number of alkyl halides is 1. The van der Waals surface area contributed by atoms with E-state index >= 15 is 0 Å². The molecular formula is C12H16BrNO2. The Morgan fingerprint density at radius 3 is 2.62 bits per heavy atom. The van der Waals surface area contributed by atoms with Crippen LogP contribution in [0.15, 0.2) is 30.3 Å². The van der Waals surface area contributed by atoms with Crippen LogP contribution in [0.4, 0.5) is 0 Å². The monoisotopic (exact) mass is 285 g/mol. The van der Waals surface area contributed by atoms with Crippen LogP contribution in [0, 0.1) is 0 Å². The minimum absolute atomic E-state index is 0.0664. The summed E-state index contributed by atoms with van der Waals surface area (Å²) >= 11 is 3.25. The van der Waals surface area contributed by atoms with Crippen molar-refractivity contribution < 1.29 is 9.53 Å². The van der Waals surface area contributed by atoms with Gasteiger partial charge in [0.25, 0.3) is 0 Å². The summed E-state index contributed by atoms with van der Waals surface area (Å²) in [7, 11) is 1.77. The van der Waals surface area contributed by atoms with Gasteiger partial charge in [-0.2, -0.15) is 0 Å². The average molecular weight is 286 g/mol. The van der Waals surface area contributed by atoms with Crippen LogP contribution in [0.2, 0.25) is 0 Å². The van der Waals surface area contributed by atoms with E-state index in [0.717, 1.165) is 5.75 Å². The molecule has 88 valence electrons. The third kappa shape index (κ3) is 4.23. The number of benzene rings is 1. The van der Waals surface area contributed by atoms with Crippen molar-refractivity contribution in [2.75, 3.05) is 20.2 Å². The molecular weight excluding hydrogens is 270 g/mol. The summed E-state index contributed by atoms with van der Waals surface area (Å²) in [6, 6.07) is 9.58. The van der Waals surface area contributed by atoms with E-state index in [9.17, 15) is 4.79 Å². The first-order chi connectivity index (χ1) is 7.61. The number of para-hydroxylation sites is 1. The first-order valence-corrected chi connectivity index (χ1v) is 6.09. The van der Waals surface area contributed by atoms with Crippen LogP contribution in [0.3, 0.4) is 0 Å². The fraction of sp³-hybridized carbons (Fsp3) is 0.417. The molecule has 0 aliphatic heterocycles. The van der Waals surface area contributed by atoms with Crippen molar-refractivity contribution in [3.8, 4) is 5.75 Å². The van der Waals surface area contributed by atoms with Crippen LogP contribution in [0.25, 0.3) is 0 Å². The number of ether oxygens (including phenoxy) is 1. The molecule has 3 nitrogen and oxygen atoms in total. The van der Waals surface area contributed by atoms with E-state index in [0.29, 0.717) is 13.2 Å². The van der Waals surface area contributed by atoms with Crippen LogP contribution in [-0.2, 0) is 4.79 Å². The smallest absolute Gasteiger partial charge is 0.235 e. The Hall–Kier alpha value is -1.03. The van der Waals surface area contributed by atoms with E-state index < -0.39 is 0 Å². The molecule has 0 aliphatic rings. The molecule has 1 rings (SSSR count). The average Bonchev–Trinajstić information content (AvgIpc) is 2.29. The van der Waals surface area contributed by atoms with Crippen LogP contribution in [-0.4, -0.2) is 35.8 Å². The number of nitrogens with zero attached hydrogens (tertiary/aromatic N) is 1. The predicted molar refractivity (Wildman–Crippen MR) is 68.0 cm³/mol. The molecule has 1 aromatic carbocycles. The lowest BCUT2D eigenvalue weighted by Crippen LogP contribution is -2.35. The van der Waals surface area contributed by atoms with Crippen molar-refractivity contribution in [2.45, 2.75) is 11.8 Å². The standard InChI is InChI=1S/C12H16BrNO2/c1-10(13)12(15)14(2)8-9-16-11-6-4-3-5-7-11/h3-7,10H,8-9H2,1-2H3. The summed E-state index contributed by atoms with van der Waals surface area (Å²) in [5, 5.41) is 0. The minimum Gasteiger partial charge on any atom is -0.492 e. The molecule has 1 unspecified atom stereocenters. The minimum atomic E-state index is -0.144. The maximum absolute atomic E-state index is 11.5. The number of hydrogen-bond acceptors (Lipinski definition) is 2. The summed E-state index contributed by atoms with van der Waals surface area (Å²) in [6.07, 6.45) is 0. The van der Waals surface area contributed by atoms with Gasteiger partial charge >= 0.3 is 0 Å². The largest absolute Gasteiger partial charge is 0.492 e. The normalized spacial score (nSPS) is 11.9. The van der Waals surface area contributed by atoms with Gasteiger partial charge < -0.3 is 9.64 Å². The molecule has 1 atom stereocenters. The summed E-state index contributed by atoms with van der Waals surface area (Å²) in [5.41, 5.74) is 0. The fourth-order valence-electron chi connectivity index (χ4n) is 1.23. The second kappa shape index (κ2) is 6.53. The summed E-state index contributed by atoms with van der Waals surface area (Å²) in [5.74, 6) is 0.895. The van der Waals surface area contributed by atoms with Gasteiger partial charge in [-0.15, -0.1) is 0 Å². The summed E-state index contributed by atoms with van der Waals surface area (Å²) in [4.78, 5) is 13.0. The summed E-state index contributed by atoms with van der Waals surface area (Å²) in [6.45, 7) is 2.91. The maximum Gasteiger partial charge on any atom is 0.235 e. The Labute approximate surface area is 105 Å². The zero-order chi connectivity index (χ0) is 12.0. The fourth-order valence-corrected chi connectivity index (χ4v) is 1.58. The van der Waals surface area contributed by atoms with E-state index in [1.807, 2.05) is 37.3 Å². The Bertz CT molecular complexity index is 327. The highest BCUT2D eigenvalue weighted by Gasteiger charge is 2.13. The van der Waals surface area contributed by atoms with Gasteiger partial charge in [-0.25, -0.2) is 0 Å². The van der Waals surface area contributed by atoms with Crippen molar-refractivity contribution >= 4 is 21.8 Å². The van der Waals surface area contributed by atoms with Crippen LogP contribution in [0.1, 0.15) is 6.92 Å². The van der Waals surface area contributed by atoms with Gasteiger partial charge in [0, 0.05) is 7.05 Å². The lowest BCUT2D eigenvalue weighted by atomic mass is 10.3. The van der Waals surface area contributed by atoms with Gasteiger partial charge in [-0.3, -0.25) is 4.79 Å². The molecule has 1 amide bonds. The number of carbonyl (C=O) groups is 1. The van der Waals surface area contributed by atoms with Gasteiger partial charge in [0.2, 0.25) is 5.91 Å². The highest BCUT2D eigenvalue weighted by molar-refractivity contribution is 9.10. The molecule has 0 N–H and O–H groups in total. The van der Waals surface area contributed by atoms with Crippen molar-refractivity contribution in [3.63, 3.8) is 0 Å². The van der Waals surface area contributed by atoms with Crippen LogP contribution < -0.4 is 4.74 Å². The molecule has 0 heterocycles. The number of rotatable bonds is 5. The Morgan fingerprint density at radius 2 is 2.06 bits per heavy atom. The highest BCUT2D eigenvalue weighted by Crippen LogP contribution is 2.08. The molecule has 0 radical (unpaired) electrons. The lowest BCUT2D eigenvalue weighted by Gasteiger charge is -2.18. The molecule has 1 aromatic rings. The number of carbonyl (C=O) groups excluding carboxylic acids is 1. The van der Waals surface area contributed by atoms with Crippen molar-refractivity contribution in [1.29, 1.82) is 0 Å². The van der Waals surface area contributed by atoms with Gasteiger partial charge in [-0.1, -0.05) is 34.1 Å². The molecule has 0 saturated carbocycles. The molecule has 0 spiro atoms. The molecule has 0 aromatic heterocycles. The van der Waals surface area contributed by atoms with E-state index in [-0.39, 0.29) is 10.7 Å². The molecule has 0 bridgehead atoms. The summed E-state index contributed by atoms with van der Waals surface area (Å²) < 4.78 is 5.50. The van der Waals surface area contributed by atoms with Gasteiger partial charge in [0.05, 0.1) is 11.4 Å². The lowest BCUT2D eigenvalue weighted by molar-refractivity contribution is -0.129. The molecule has 16 heavy (non-hydrogen) atoms. The third-order valence-electron chi connectivity index (χ3n) is 2.16. The number of hydrogen-bond donors (Lipinski definition) is 0. The van der Waals surface area contributed by atoms with Gasteiger partial charge in [0.15, 0.2) is 0 Å². The second-order valence-electron chi connectivity index (χ2n) is 3.54. The number of amides is 1. The molecule has 0 fully saturated rings. The topological polar surface area (TPSA) is 29.5 Å². The van der Waals surface area contributed by atoms with Crippen molar-refractivity contribution in [3.05, 3.63) is 30.3 Å². The molecule has 0 saturated heterocycles. The molecule has 0 aliphatic carbocycles. The Balaban J connectivity index is 2.28. The highest BCUT2D eigenvalue weighted by atomic mass is 79.9. The molecule has 4 heteroatoms. The third-order valence-corrected chi connectivity index (χ3v) is 2.55. The number of likely N-dealkylation sites (N-methyl/N-ethyl adjacent to an activating group) is 1. The van der Waals surface area contributed by atoms with Crippen LogP contribution >= 0.6 is 15.9 Å². The first-order valence-electron chi connectivity index (χ1n) is 5.18. The quantitative estimate of drug-likeness (QED) is 0.777. The van der Waals surface area contributed by atoms with E-state index in [2.05, 4.69) is 15.9 Å². The van der Waals surface area contributed by atoms with E-state index in [1.165, 1.54) is 0 Å². The van der Waals surface area contributed by atoms with Crippen molar-refractivity contribution in [2.24, 2.45) is 0 Å². The zero-order valence-corrected chi connectivity index (χ0v) is 11.1. The Morgan fingerprint density at radius 1 is 1.44 bits per heavy atom. The second-order valence-corrected chi connectivity index (χ2v) is 4.91. The van der Waals surface area contributed by atoms with E-state index in [1.54, 1.807) is 11.9 Å². The zero-order valence-electron chi connectivity index (χ0n) is 9.52. The number of halogens is 1. The maximum atomic E-state index is 11.5. The van der Waals surface area contributed by atoms with Gasteiger partial charge in [-0.05, 0) is 19.1 Å². The SMILES string of the molecule is CC(Br)C(=O)N(C)CCOc1ccccc1. The van der Waals surface area contributed by atoms with Crippen molar-refractivity contribution in [1.82, 2.24) is 4.90 Å². The first kappa shape index (κ1) is 13.0. The van der Waals surface area contributed by atoms with Crippen LogP contribution in [0.5, 0.6) is 5.75 Å². The predicted octanol–water partition coefficient (Wildman–Crippen LogP) is 2.31. The Kier molecular flexibility index (Phi) is 5.32. The van der Waals surface area contributed by atoms with E-state index in [4.69, 9.17) is 4.74 Å².